The third kappa shape index (κ3) is 5.19. The van der Waals surface area contributed by atoms with Crippen molar-refractivity contribution >= 4 is 5.91 Å². The lowest BCUT2D eigenvalue weighted by molar-refractivity contribution is -0.121. The number of benzene rings is 2. The van der Waals surface area contributed by atoms with Crippen LogP contribution in [0.3, 0.4) is 0 Å². The summed E-state index contributed by atoms with van der Waals surface area (Å²) in [5, 5.41) is 2.92. The Kier molecular flexibility index (Phi) is 6.49. The van der Waals surface area contributed by atoms with Gasteiger partial charge in [-0.25, -0.2) is 0 Å². The molecule has 0 saturated carbocycles. The maximum atomic E-state index is 12.0. The average Bonchev–Trinajstić information content (AvgIpc) is 2.64. The molecule has 2 rings (SSSR count). The summed E-state index contributed by atoms with van der Waals surface area (Å²) in [5.41, 5.74) is 2.04. The van der Waals surface area contributed by atoms with E-state index in [0.29, 0.717) is 19.4 Å². The van der Waals surface area contributed by atoms with Crippen LogP contribution in [0.5, 0.6) is 17.2 Å². The number of hydrogen-bond donors (Lipinski definition) is 1. The van der Waals surface area contributed by atoms with E-state index in [9.17, 15) is 4.79 Å². The first-order valence-electron chi connectivity index (χ1n) is 7.76. The molecule has 0 saturated heterocycles. The summed E-state index contributed by atoms with van der Waals surface area (Å²) >= 11 is 0. The third-order valence-electron chi connectivity index (χ3n) is 3.70. The fourth-order valence-electron chi connectivity index (χ4n) is 2.30. The highest BCUT2D eigenvalue weighted by atomic mass is 16.5. The van der Waals surface area contributed by atoms with Crippen LogP contribution in [0.15, 0.2) is 42.5 Å². The van der Waals surface area contributed by atoms with Crippen molar-refractivity contribution in [1.82, 2.24) is 5.32 Å². The van der Waals surface area contributed by atoms with Crippen molar-refractivity contribution in [1.29, 1.82) is 0 Å². The van der Waals surface area contributed by atoms with Gasteiger partial charge in [-0.05, 0) is 41.8 Å². The minimum atomic E-state index is 0.00704. The number of methoxy groups -OCH3 is 3. The fraction of sp³-hybridized carbons (Fsp3) is 0.316. The Bertz CT molecular complexity index is 645. The highest BCUT2D eigenvalue weighted by Gasteiger charge is 2.06. The van der Waals surface area contributed by atoms with Gasteiger partial charge in [0.2, 0.25) is 5.91 Å². The van der Waals surface area contributed by atoms with Crippen LogP contribution in [0.2, 0.25) is 0 Å². The Morgan fingerprint density at radius 1 is 0.833 bits per heavy atom. The van der Waals surface area contributed by atoms with E-state index in [1.807, 2.05) is 42.5 Å². The maximum Gasteiger partial charge on any atom is 0.220 e. The van der Waals surface area contributed by atoms with E-state index in [4.69, 9.17) is 14.2 Å². The lowest BCUT2D eigenvalue weighted by atomic mass is 10.1. The molecule has 0 aliphatic carbocycles. The lowest BCUT2D eigenvalue weighted by Gasteiger charge is -2.09. The van der Waals surface area contributed by atoms with Crippen LogP contribution in [-0.4, -0.2) is 27.2 Å². The van der Waals surface area contributed by atoms with E-state index < -0.39 is 0 Å². The smallest absolute Gasteiger partial charge is 0.220 e. The number of amides is 1. The van der Waals surface area contributed by atoms with Crippen LogP contribution in [0.25, 0.3) is 0 Å². The zero-order chi connectivity index (χ0) is 17.4. The maximum absolute atomic E-state index is 12.0. The Labute approximate surface area is 142 Å². The number of rotatable bonds is 8. The highest BCUT2D eigenvalue weighted by molar-refractivity contribution is 5.76. The molecule has 0 fully saturated rings. The Balaban J connectivity index is 1.84. The van der Waals surface area contributed by atoms with Crippen LogP contribution < -0.4 is 19.5 Å². The van der Waals surface area contributed by atoms with E-state index in [2.05, 4.69) is 5.32 Å². The van der Waals surface area contributed by atoms with Gasteiger partial charge in [-0.2, -0.15) is 0 Å². The van der Waals surface area contributed by atoms with Gasteiger partial charge >= 0.3 is 0 Å². The summed E-state index contributed by atoms with van der Waals surface area (Å²) in [6.45, 7) is 0.504. The number of ether oxygens (including phenoxy) is 3. The fourth-order valence-corrected chi connectivity index (χ4v) is 2.30. The SMILES string of the molecule is COc1ccc(CNC(=O)CCc2cc(OC)cc(OC)c2)cc1. The van der Waals surface area contributed by atoms with Gasteiger partial charge in [0.25, 0.3) is 0 Å². The largest absolute Gasteiger partial charge is 0.497 e. The van der Waals surface area contributed by atoms with Gasteiger partial charge in [0.1, 0.15) is 17.2 Å². The highest BCUT2D eigenvalue weighted by Crippen LogP contribution is 2.23. The molecule has 0 heterocycles. The van der Waals surface area contributed by atoms with Crippen LogP contribution in [-0.2, 0) is 17.8 Å². The first-order valence-corrected chi connectivity index (χ1v) is 7.76. The number of carbonyl (C=O) groups is 1. The number of aryl methyl sites for hydroxylation is 1. The van der Waals surface area contributed by atoms with Crippen LogP contribution >= 0.6 is 0 Å². The number of hydrogen-bond acceptors (Lipinski definition) is 4. The van der Waals surface area contributed by atoms with Crippen molar-refractivity contribution < 1.29 is 19.0 Å². The molecule has 5 heteroatoms. The predicted octanol–water partition coefficient (Wildman–Crippen LogP) is 2.96. The molecule has 2 aromatic rings. The molecule has 1 amide bonds. The van der Waals surface area contributed by atoms with Crippen molar-refractivity contribution in [3.63, 3.8) is 0 Å². The summed E-state index contributed by atoms with van der Waals surface area (Å²) in [4.78, 5) is 12.0. The van der Waals surface area contributed by atoms with Crippen LogP contribution in [0.4, 0.5) is 0 Å². The molecule has 0 unspecified atom stereocenters. The Morgan fingerprint density at radius 3 is 1.96 bits per heavy atom. The second kappa shape index (κ2) is 8.82. The Morgan fingerprint density at radius 2 is 1.42 bits per heavy atom. The summed E-state index contributed by atoms with van der Waals surface area (Å²) in [6, 6.07) is 13.3. The zero-order valence-corrected chi connectivity index (χ0v) is 14.3. The second-order valence-corrected chi connectivity index (χ2v) is 5.35. The molecule has 0 aliphatic heterocycles. The number of nitrogens with one attached hydrogen (secondary N) is 1. The van der Waals surface area contributed by atoms with Gasteiger partial charge < -0.3 is 19.5 Å². The molecule has 2 aromatic carbocycles. The molecule has 0 spiro atoms. The molecule has 0 radical (unpaired) electrons. The van der Waals surface area contributed by atoms with E-state index >= 15 is 0 Å². The van der Waals surface area contributed by atoms with Crippen molar-refractivity contribution in [2.24, 2.45) is 0 Å². The monoisotopic (exact) mass is 329 g/mol. The molecular weight excluding hydrogens is 306 g/mol. The minimum Gasteiger partial charge on any atom is -0.497 e. The zero-order valence-electron chi connectivity index (χ0n) is 14.3. The molecule has 24 heavy (non-hydrogen) atoms. The van der Waals surface area contributed by atoms with Crippen molar-refractivity contribution in [2.45, 2.75) is 19.4 Å². The first kappa shape index (κ1) is 17.7. The summed E-state index contributed by atoms with van der Waals surface area (Å²) in [6.07, 6.45) is 1.04. The average molecular weight is 329 g/mol. The standard InChI is InChI=1S/C19H23NO4/c1-22-16-7-4-14(5-8-16)13-20-19(21)9-6-15-10-17(23-2)12-18(11-15)24-3/h4-5,7-8,10-12H,6,9,13H2,1-3H3,(H,20,21). The van der Waals surface area contributed by atoms with E-state index in [0.717, 1.165) is 28.4 Å². The van der Waals surface area contributed by atoms with E-state index in [1.54, 1.807) is 21.3 Å². The van der Waals surface area contributed by atoms with Gasteiger partial charge in [-0.15, -0.1) is 0 Å². The van der Waals surface area contributed by atoms with Crippen LogP contribution in [0, 0.1) is 0 Å². The Hall–Kier alpha value is -2.69. The van der Waals surface area contributed by atoms with E-state index in [1.165, 1.54) is 0 Å². The van der Waals surface area contributed by atoms with Crippen LogP contribution in [0.1, 0.15) is 17.5 Å². The van der Waals surface area contributed by atoms with Gasteiger partial charge in [-0.1, -0.05) is 12.1 Å². The minimum absolute atomic E-state index is 0.00704. The topological polar surface area (TPSA) is 56.8 Å². The van der Waals surface area contributed by atoms with Gasteiger partial charge in [-0.3, -0.25) is 4.79 Å². The lowest BCUT2D eigenvalue weighted by Crippen LogP contribution is -2.22. The quantitative estimate of drug-likeness (QED) is 0.809. The summed E-state index contributed by atoms with van der Waals surface area (Å²) in [5.74, 6) is 2.26. The summed E-state index contributed by atoms with van der Waals surface area (Å²) < 4.78 is 15.6. The third-order valence-corrected chi connectivity index (χ3v) is 3.70. The van der Waals surface area contributed by atoms with Crippen molar-refractivity contribution in [3.05, 3.63) is 53.6 Å². The van der Waals surface area contributed by atoms with Gasteiger partial charge in [0, 0.05) is 19.0 Å². The molecular formula is C19H23NO4. The van der Waals surface area contributed by atoms with Crippen molar-refractivity contribution in [2.75, 3.05) is 21.3 Å². The van der Waals surface area contributed by atoms with Gasteiger partial charge in [0.05, 0.1) is 21.3 Å². The van der Waals surface area contributed by atoms with Gasteiger partial charge in [0.15, 0.2) is 0 Å². The molecule has 128 valence electrons. The molecule has 0 aromatic heterocycles. The van der Waals surface area contributed by atoms with E-state index in [-0.39, 0.29) is 5.91 Å². The second-order valence-electron chi connectivity index (χ2n) is 5.35. The first-order chi connectivity index (χ1) is 11.6. The van der Waals surface area contributed by atoms with Crippen molar-refractivity contribution in [3.8, 4) is 17.2 Å². The normalized spacial score (nSPS) is 10.1. The summed E-state index contributed by atoms with van der Waals surface area (Å²) in [7, 11) is 4.85. The molecule has 0 aliphatic rings. The molecule has 0 bridgehead atoms. The molecule has 0 atom stereocenters. The molecule has 1 N–H and O–H groups in total. The predicted molar refractivity (Wildman–Crippen MR) is 92.7 cm³/mol. The number of carbonyl (C=O) groups excluding carboxylic acids is 1. The molecule has 5 nitrogen and oxygen atoms in total.